The van der Waals surface area contributed by atoms with Gasteiger partial charge >= 0.3 is 10.2 Å². The molecule has 0 amide bonds. The van der Waals surface area contributed by atoms with Crippen LogP contribution in [0.25, 0.3) is 0 Å². The first kappa shape index (κ1) is 17.7. The molecular formula is C14H25N3O3S. The molecule has 0 aromatic heterocycles. The van der Waals surface area contributed by atoms with Gasteiger partial charge in [0.25, 0.3) is 0 Å². The highest BCUT2D eigenvalue weighted by Crippen LogP contribution is 2.18. The van der Waals surface area contributed by atoms with Crippen LogP contribution in [-0.4, -0.2) is 46.0 Å². The fraction of sp³-hybridized carbons (Fsp3) is 0.571. The van der Waals surface area contributed by atoms with Crippen LogP contribution in [0, 0.1) is 0 Å². The lowest BCUT2D eigenvalue weighted by molar-refractivity contribution is 0.415. The Labute approximate surface area is 127 Å². The lowest BCUT2D eigenvalue weighted by Gasteiger charge is -2.19. The molecule has 0 radical (unpaired) electrons. The molecule has 6 nitrogen and oxygen atoms in total. The zero-order valence-electron chi connectivity index (χ0n) is 13.1. The van der Waals surface area contributed by atoms with Crippen molar-refractivity contribution in [1.29, 1.82) is 0 Å². The van der Waals surface area contributed by atoms with E-state index < -0.39 is 10.2 Å². The summed E-state index contributed by atoms with van der Waals surface area (Å²) in [6.45, 7) is 5.37. The normalized spacial score (nSPS) is 11.9. The van der Waals surface area contributed by atoms with Crippen molar-refractivity contribution >= 4 is 15.9 Å². The summed E-state index contributed by atoms with van der Waals surface area (Å²) >= 11 is 0. The molecule has 0 saturated heterocycles. The molecule has 1 rings (SSSR count). The highest BCUT2D eigenvalue weighted by Gasteiger charge is 2.17. The van der Waals surface area contributed by atoms with Crippen molar-refractivity contribution in [3.63, 3.8) is 0 Å². The van der Waals surface area contributed by atoms with Crippen LogP contribution in [0.4, 0.5) is 5.69 Å². The fourth-order valence-corrected chi connectivity index (χ4v) is 2.68. The van der Waals surface area contributed by atoms with E-state index in [0.29, 0.717) is 24.0 Å². The molecule has 0 heterocycles. The summed E-state index contributed by atoms with van der Waals surface area (Å²) in [5, 5.41) is 3.26. The predicted molar refractivity (Wildman–Crippen MR) is 85.9 cm³/mol. The molecule has 0 bridgehead atoms. The van der Waals surface area contributed by atoms with E-state index in [-0.39, 0.29) is 0 Å². The second-order valence-corrected chi connectivity index (χ2v) is 6.90. The third-order valence-corrected chi connectivity index (χ3v) is 4.43. The monoisotopic (exact) mass is 315 g/mol. The fourth-order valence-electron chi connectivity index (χ4n) is 1.73. The summed E-state index contributed by atoms with van der Waals surface area (Å²) in [4.78, 5) is 0. The van der Waals surface area contributed by atoms with Gasteiger partial charge in [0.15, 0.2) is 0 Å². The van der Waals surface area contributed by atoms with Gasteiger partial charge in [-0.15, -0.1) is 0 Å². The first-order valence-electron chi connectivity index (χ1n) is 6.96. The third-order valence-electron chi connectivity index (χ3n) is 2.93. The Morgan fingerprint density at radius 1 is 1.33 bits per heavy atom. The molecule has 21 heavy (non-hydrogen) atoms. The predicted octanol–water partition coefficient (Wildman–Crippen LogP) is 1.67. The molecule has 0 unspecified atom stereocenters. The average molecular weight is 315 g/mol. The first-order valence-corrected chi connectivity index (χ1v) is 8.40. The summed E-state index contributed by atoms with van der Waals surface area (Å²) in [7, 11) is -0.429. The first-order chi connectivity index (χ1) is 9.85. The topological polar surface area (TPSA) is 70.7 Å². The number of benzene rings is 1. The second kappa shape index (κ2) is 8.21. The van der Waals surface area contributed by atoms with E-state index in [1.807, 2.05) is 0 Å². The van der Waals surface area contributed by atoms with E-state index in [9.17, 15) is 8.42 Å². The molecular weight excluding hydrogens is 290 g/mol. The minimum Gasteiger partial charge on any atom is -0.497 e. The molecule has 0 aliphatic heterocycles. The Balaban J connectivity index is 2.55. The molecule has 1 aromatic rings. The smallest absolute Gasteiger partial charge is 0.301 e. The van der Waals surface area contributed by atoms with Crippen molar-refractivity contribution in [2.45, 2.75) is 26.3 Å². The van der Waals surface area contributed by atoms with Gasteiger partial charge in [-0.3, -0.25) is 4.72 Å². The molecule has 0 saturated carbocycles. The Kier molecular flexibility index (Phi) is 6.94. The summed E-state index contributed by atoms with van der Waals surface area (Å²) in [5.74, 6) is 0.610. The number of hydrogen-bond acceptors (Lipinski definition) is 4. The van der Waals surface area contributed by atoms with E-state index in [1.54, 1.807) is 38.4 Å². The Hall–Kier alpha value is -1.31. The van der Waals surface area contributed by atoms with Gasteiger partial charge in [-0.2, -0.15) is 12.7 Å². The number of ether oxygens (including phenoxy) is 1. The molecule has 0 aliphatic carbocycles. The zero-order valence-corrected chi connectivity index (χ0v) is 13.9. The maximum Gasteiger partial charge on any atom is 0.301 e. The van der Waals surface area contributed by atoms with Crippen LogP contribution in [0.5, 0.6) is 5.75 Å². The maximum absolute atomic E-state index is 12.2. The largest absolute Gasteiger partial charge is 0.497 e. The Bertz CT molecular complexity index is 532. The zero-order chi connectivity index (χ0) is 15.9. The minimum atomic E-state index is -3.54. The van der Waals surface area contributed by atoms with Crippen LogP contribution >= 0.6 is 0 Å². The molecule has 0 atom stereocenters. The van der Waals surface area contributed by atoms with Crippen molar-refractivity contribution < 1.29 is 13.2 Å². The van der Waals surface area contributed by atoms with Crippen molar-refractivity contribution in [3.05, 3.63) is 24.3 Å². The summed E-state index contributed by atoms with van der Waals surface area (Å²) in [5.41, 5.74) is 0.488. The highest BCUT2D eigenvalue weighted by molar-refractivity contribution is 7.90. The van der Waals surface area contributed by atoms with Crippen molar-refractivity contribution in [2.24, 2.45) is 0 Å². The average Bonchev–Trinajstić information content (AvgIpc) is 2.42. The Morgan fingerprint density at radius 2 is 2.05 bits per heavy atom. The number of rotatable bonds is 9. The van der Waals surface area contributed by atoms with Crippen molar-refractivity contribution in [1.82, 2.24) is 9.62 Å². The number of anilines is 1. The van der Waals surface area contributed by atoms with Crippen LogP contribution in [0.15, 0.2) is 24.3 Å². The number of nitrogens with zero attached hydrogens (tertiary/aromatic N) is 1. The van der Waals surface area contributed by atoms with Crippen molar-refractivity contribution in [2.75, 3.05) is 32.0 Å². The van der Waals surface area contributed by atoms with E-state index >= 15 is 0 Å². The molecule has 120 valence electrons. The van der Waals surface area contributed by atoms with E-state index in [4.69, 9.17) is 4.74 Å². The quantitative estimate of drug-likeness (QED) is 0.680. The molecule has 1 aromatic carbocycles. The van der Waals surface area contributed by atoms with E-state index in [2.05, 4.69) is 23.9 Å². The SMILES string of the molecule is COc1cccc(NS(=O)(=O)N(C)CCCNC(C)C)c1. The van der Waals surface area contributed by atoms with Crippen LogP contribution in [0.2, 0.25) is 0 Å². The Morgan fingerprint density at radius 3 is 2.67 bits per heavy atom. The summed E-state index contributed by atoms with van der Waals surface area (Å²) < 4.78 is 33.3. The molecule has 0 spiro atoms. The van der Waals surface area contributed by atoms with Gasteiger partial charge in [-0.25, -0.2) is 0 Å². The number of methoxy groups -OCH3 is 1. The van der Waals surface area contributed by atoms with Gasteiger partial charge < -0.3 is 10.1 Å². The van der Waals surface area contributed by atoms with Gasteiger partial charge in [-0.1, -0.05) is 19.9 Å². The van der Waals surface area contributed by atoms with Gasteiger partial charge in [0.2, 0.25) is 0 Å². The molecule has 2 N–H and O–H groups in total. The van der Waals surface area contributed by atoms with Crippen molar-refractivity contribution in [3.8, 4) is 5.75 Å². The van der Waals surface area contributed by atoms with Crippen LogP contribution in [0.1, 0.15) is 20.3 Å². The van der Waals surface area contributed by atoms with E-state index in [0.717, 1.165) is 13.0 Å². The highest BCUT2D eigenvalue weighted by atomic mass is 32.2. The lowest BCUT2D eigenvalue weighted by atomic mass is 10.3. The second-order valence-electron chi connectivity index (χ2n) is 5.12. The van der Waals surface area contributed by atoms with Crippen LogP contribution in [0.3, 0.4) is 0 Å². The van der Waals surface area contributed by atoms with E-state index in [1.165, 1.54) is 4.31 Å². The van der Waals surface area contributed by atoms with Crippen LogP contribution in [-0.2, 0) is 10.2 Å². The number of hydrogen-bond donors (Lipinski definition) is 2. The third kappa shape index (κ3) is 6.33. The standard InChI is InChI=1S/C14H25N3O3S/c1-12(2)15-9-6-10-17(3)21(18,19)16-13-7-5-8-14(11-13)20-4/h5,7-8,11-12,15-16H,6,9-10H2,1-4H3. The summed E-state index contributed by atoms with van der Waals surface area (Å²) in [6.07, 6.45) is 0.758. The molecule has 0 fully saturated rings. The van der Waals surface area contributed by atoms with Crippen LogP contribution < -0.4 is 14.8 Å². The summed E-state index contributed by atoms with van der Waals surface area (Å²) in [6, 6.07) is 7.24. The van der Waals surface area contributed by atoms with Gasteiger partial charge in [0, 0.05) is 25.7 Å². The lowest BCUT2D eigenvalue weighted by Crippen LogP contribution is -2.35. The van der Waals surface area contributed by atoms with Gasteiger partial charge in [0.05, 0.1) is 12.8 Å². The van der Waals surface area contributed by atoms with Gasteiger partial charge in [0.1, 0.15) is 5.75 Å². The molecule has 0 aliphatic rings. The minimum absolute atomic E-state index is 0.404. The van der Waals surface area contributed by atoms with Gasteiger partial charge in [-0.05, 0) is 25.1 Å². The molecule has 7 heteroatoms. The number of nitrogens with one attached hydrogen (secondary N) is 2. The maximum atomic E-state index is 12.2.